The number of nitro groups is 2. The maximum absolute atomic E-state index is 11.7. The second kappa shape index (κ2) is 4.76. The van der Waals surface area contributed by atoms with Crippen LogP contribution in [0.25, 0.3) is 0 Å². The number of benzene rings is 1. The SMILES string of the molecule is CC[C@@]1(C)c2c(cc([N+](=O)[O-])c(C)c2[N+](=O)[O-])C(C)(C)[C@@H]1C. The fourth-order valence-electron chi connectivity index (χ4n) is 3.99. The average Bonchev–Trinajstić information content (AvgIpc) is 2.57. The van der Waals surface area contributed by atoms with E-state index in [2.05, 4.69) is 6.92 Å². The van der Waals surface area contributed by atoms with E-state index in [1.807, 2.05) is 27.7 Å². The summed E-state index contributed by atoms with van der Waals surface area (Å²) in [5.74, 6) is 0.153. The third-order valence-corrected chi connectivity index (χ3v) is 5.94. The molecule has 0 amide bonds. The molecule has 0 unspecified atom stereocenters. The normalized spacial score (nSPS) is 25.8. The van der Waals surface area contributed by atoms with E-state index < -0.39 is 9.85 Å². The van der Waals surface area contributed by atoms with Gasteiger partial charge in [-0.3, -0.25) is 20.2 Å². The van der Waals surface area contributed by atoms with E-state index in [9.17, 15) is 20.2 Å². The largest absolute Gasteiger partial charge is 0.283 e. The molecule has 120 valence electrons. The minimum absolute atomic E-state index is 0.0778. The molecule has 0 aliphatic heterocycles. The summed E-state index contributed by atoms with van der Waals surface area (Å²) in [6, 6.07) is 1.55. The highest BCUT2D eigenvalue weighted by molar-refractivity contribution is 5.67. The van der Waals surface area contributed by atoms with Crippen molar-refractivity contribution >= 4 is 11.4 Å². The van der Waals surface area contributed by atoms with Gasteiger partial charge in [0.2, 0.25) is 0 Å². The van der Waals surface area contributed by atoms with E-state index in [-0.39, 0.29) is 33.7 Å². The first-order valence-corrected chi connectivity index (χ1v) is 7.47. The van der Waals surface area contributed by atoms with Gasteiger partial charge in [-0.2, -0.15) is 0 Å². The van der Waals surface area contributed by atoms with E-state index >= 15 is 0 Å². The molecule has 0 bridgehead atoms. The lowest BCUT2D eigenvalue weighted by Crippen LogP contribution is -2.33. The predicted octanol–water partition coefficient (Wildman–Crippen LogP) is 4.41. The second-order valence-electron chi connectivity index (χ2n) is 7.02. The standard InChI is InChI=1S/C16H22N2O4/c1-7-16(6)10(3)15(4,5)11-8-12(17(19)20)9(2)14(13(11)16)18(21)22/h8,10H,7H2,1-6H3/t10-,16+/m0/s1. The quantitative estimate of drug-likeness (QED) is 0.611. The molecule has 6 nitrogen and oxygen atoms in total. The highest BCUT2D eigenvalue weighted by Gasteiger charge is 2.55. The Labute approximate surface area is 129 Å². The fourth-order valence-corrected chi connectivity index (χ4v) is 3.99. The molecule has 6 heteroatoms. The van der Waals surface area contributed by atoms with Crippen LogP contribution < -0.4 is 0 Å². The first-order valence-electron chi connectivity index (χ1n) is 7.47. The Morgan fingerprint density at radius 1 is 1.18 bits per heavy atom. The van der Waals surface area contributed by atoms with Gasteiger partial charge in [0.05, 0.1) is 9.85 Å². The van der Waals surface area contributed by atoms with Crippen LogP contribution in [0.1, 0.15) is 57.7 Å². The van der Waals surface area contributed by atoms with Crippen LogP contribution in [0.5, 0.6) is 0 Å². The van der Waals surface area contributed by atoms with Crippen molar-refractivity contribution in [3.8, 4) is 0 Å². The zero-order chi connectivity index (χ0) is 17.0. The van der Waals surface area contributed by atoms with Crippen LogP contribution in [-0.2, 0) is 10.8 Å². The highest BCUT2D eigenvalue weighted by Crippen LogP contribution is 2.59. The van der Waals surface area contributed by atoms with Gasteiger partial charge in [-0.15, -0.1) is 0 Å². The first-order chi connectivity index (χ1) is 10.00. The highest BCUT2D eigenvalue weighted by atomic mass is 16.6. The summed E-state index contributed by atoms with van der Waals surface area (Å²) in [6.07, 6.45) is 0.753. The number of nitro benzene ring substituents is 2. The van der Waals surface area contributed by atoms with Crippen molar-refractivity contribution in [2.24, 2.45) is 5.92 Å². The molecule has 22 heavy (non-hydrogen) atoms. The molecule has 0 N–H and O–H groups in total. The van der Waals surface area contributed by atoms with Gasteiger partial charge in [0.15, 0.2) is 0 Å². The van der Waals surface area contributed by atoms with Gasteiger partial charge in [-0.05, 0) is 30.2 Å². The summed E-state index contributed by atoms with van der Waals surface area (Å²) in [7, 11) is 0. The van der Waals surface area contributed by atoms with Gasteiger partial charge < -0.3 is 0 Å². The van der Waals surface area contributed by atoms with Crippen molar-refractivity contribution in [3.63, 3.8) is 0 Å². The molecule has 1 aliphatic rings. The Hall–Kier alpha value is -1.98. The molecule has 0 fully saturated rings. The van der Waals surface area contributed by atoms with Crippen LogP contribution in [0.4, 0.5) is 11.4 Å². The molecule has 0 heterocycles. The van der Waals surface area contributed by atoms with Crippen molar-refractivity contribution in [2.45, 2.75) is 58.8 Å². The number of hydrogen-bond acceptors (Lipinski definition) is 4. The van der Waals surface area contributed by atoms with Gasteiger partial charge in [0.1, 0.15) is 5.56 Å². The second-order valence-corrected chi connectivity index (χ2v) is 7.02. The molecule has 0 radical (unpaired) electrons. The Balaban J connectivity index is 3.01. The Morgan fingerprint density at radius 3 is 2.14 bits per heavy atom. The van der Waals surface area contributed by atoms with Gasteiger partial charge in [0, 0.05) is 17.0 Å². The molecule has 1 aromatic carbocycles. The molecule has 0 spiro atoms. The fraction of sp³-hybridized carbons (Fsp3) is 0.625. The van der Waals surface area contributed by atoms with E-state index in [1.54, 1.807) is 6.07 Å². The lowest BCUT2D eigenvalue weighted by atomic mass is 9.69. The molecule has 1 aromatic rings. The number of hydrogen-bond donors (Lipinski definition) is 0. The monoisotopic (exact) mass is 306 g/mol. The van der Waals surface area contributed by atoms with E-state index in [4.69, 9.17) is 0 Å². The number of rotatable bonds is 3. The van der Waals surface area contributed by atoms with Crippen molar-refractivity contribution in [1.29, 1.82) is 0 Å². The minimum atomic E-state index is -0.523. The number of fused-ring (bicyclic) bond motifs is 1. The Kier molecular flexibility index (Phi) is 3.55. The third kappa shape index (κ3) is 1.86. The average molecular weight is 306 g/mol. The number of nitrogens with zero attached hydrogens (tertiary/aromatic N) is 2. The van der Waals surface area contributed by atoms with Crippen LogP contribution >= 0.6 is 0 Å². The summed E-state index contributed by atoms with van der Waals surface area (Å²) in [5.41, 5.74) is 0.633. The van der Waals surface area contributed by atoms with Crippen LogP contribution in [0.15, 0.2) is 6.07 Å². The van der Waals surface area contributed by atoms with Gasteiger partial charge in [-0.25, -0.2) is 0 Å². The van der Waals surface area contributed by atoms with E-state index in [1.165, 1.54) is 6.92 Å². The topological polar surface area (TPSA) is 86.3 Å². The van der Waals surface area contributed by atoms with Gasteiger partial charge in [-0.1, -0.05) is 34.6 Å². The summed E-state index contributed by atoms with van der Waals surface area (Å²) >= 11 is 0. The van der Waals surface area contributed by atoms with Crippen molar-refractivity contribution < 1.29 is 9.85 Å². The Morgan fingerprint density at radius 2 is 1.73 bits per heavy atom. The predicted molar refractivity (Wildman–Crippen MR) is 84.3 cm³/mol. The minimum Gasteiger partial charge on any atom is -0.258 e. The first kappa shape index (κ1) is 16.4. The van der Waals surface area contributed by atoms with Gasteiger partial charge >= 0.3 is 0 Å². The van der Waals surface area contributed by atoms with Crippen LogP contribution in [0.3, 0.4) is 0 Å². The summed E-state index contributed by atoms with van der Waals surface area (Å²) in [4.78, 5) is 22.0. The zero-order valence-electron chi connectivity index (χ0n) is 13.9. The van der Waals surface area contributed by atoms with E-state index in [0.717, 1.165) is 12.0 Å². The zero-order valence-corrected chi connectivity index (χ0v) is 13.9. The molecule has 1 aliphatic carbocycles. The molecule has 0 saturated heterocycles. The molecule has 2 atom stereocenters. The summed E-state index contributed by atoms with van der Waals surface area (Å²) in [5, 5.41) is 23.0. The Bertz CT molecular complexity index is 681. The lowest BCUT2D eigenvalue weighted by molar-refractivity contribution is -0.396. The molecular weight excluding hydrogens is 284 g/mol. The third-order valence-electron chi connectivity index (χ3n) is 5.94. The molecule has 2 rings (SSSR count). The molecule has 0 aromatic heterocycles. The summed E-state index contributed by atoms with van der Waals surface area (Å²) in [6.45, 7) is 11.6. The van der Waals surface area contributed by atoms with Crippen LogP contribution in [0.2, 0.25) is 0 Å². The van der Waals surface area contributed by atoms with Crippen LogP contribution in [-0.4, -0.2) is 9.85 Å². The van der Waals surface area contributed by atoms with Gasteiger partial charge in [0.25, 0.3) is 11.4 Å². The van der Waals surface area contributed by atoms with Crippen LogP contribution in [0, 0.1) is 33.1 Å². The smallest absolute Gasteiger partial charge is 0.258 e. The van der Waals surface area contributed by atoms with E-state index in [0.29, 0.717) is 5.56 Å². The summed E-state index contributed by atoms with van der Waals surface area (Å²) < 4.78 is 0. The van der Waals surface area contributed by atoms with Crippen molar-refractivity contribution in [1.82, 2.24) is 0 Å². The lowest BCUT2D eigenvalue weighted by Gasteiger charge is -2.34. The maximum Gasteiger partial charge on any atom is 0.283 e. The maximum atomic E-state index is 11.7. The molecule has 0 saturated carbocycles. The van der Waals surface area contributed by atoms with Crippen molar-refractivity contribution in [2.75, 3.05) is 0 Å². The van der Waals surface area contributed by atoms with Crippen molar-refractivity contribution in [3.05, 3.63) is 43.0 Å². The molecular formula is C16H22N2O4.